The smallest absolute Gasteiger partial charge is 0.306 e. The lowest BCUT2D eigenvalue weighted by molar-refractivity contribution is -0.143. The third-order valence-electron chi connectivity index (χ3n) is 5.90. The van der Waals surface area contributed by atoms with Gasteiger partial charge < -0.3 is 14.8 Å². The lowest BCUT2D eigenvalue weighted by atomic mass is 9.87. The van der Waals surface area contributed by atoms with Gasteiger partial charge in [0.2, 0.25) is 5.88 Å². The Kier molecular flexibility index (Phi) is 5.68. The number of aliphatic carboxylic acids is 1. The van der Waals surface area contributed by atoms with Crippen molar-refractivity contribution in [1.29, 1.82) is 0 Å². The highest BCUT2D eigenvalue weighted by Gasteiger charge is 2.27. The molecule has 0 spiro atoms. The highest BCUT2D eigenvalue weighted by molar-refractivity contribution is 6.31. The monoisotopic (exact) mass is 466 g/mol. The number of nitrogens with zero attached hydrogens (tertiary/aromatic N) is 3. The van der Waals surface area contributed by atoms with Gasteiger partial charge in [0.25, 0.3) is 0 Å². The fraction of sp³-hybridized carbons (Fsp3) is 0.250. The Morgan fingerprint density at radius 2 is 1.91 bits per heavy atom. The van der Waals surface area contributed by atoms with Gasteiger partial charge in [-0.25, -0.2) is 19.3 Å². The van der Waals surface area contributed by atoms with E-state index in [0.717, 1.165) is 5.52 Å². The van der Waals surface area contributed by atoms with Crippen LogP contribution in [0.15, 0.2) is 48.8 Å². The molecular weight excluding hydrogens is 447 g/mol. The maximum Gasteiger partial charge on any atom is 0.306 e. The SMILES string of the molecule is O=C(O)[C@H]1CC[C@H](Oc2cnc(-c3ccc(-c4nc5ccc(Cl)cc5[nH]4)c(F)c3)cn2)CC1. The van der Waals surface area contributed by atoms with Crippen molar-refractivity contribution >= 4 is 28.6 Å². The van der Waals surface area contributed by atoms with Gasteiger partial charge in [0.05, 0.1) is 40.6 Å². The number of aromatic amines is 1. The number of hydrogen-bond acceptors (Lipinski definition) is 5. The van der Waals surface area contributed by atoms with Crippen LogP contribution in [-0.2, 0) is 4.79 Å². The number of ether oxygens (including phenoxy) is 1. The first-order valence-corrected chi connectivity index (χ1v) is 11.0. The predicted octanol–water partition coefficient (Wildman–Crippen LogP) is 5.50. The van der Waals surface area contributed by atoms with Crippen molar-refractivity contribution < 1.29 is 19.0 Å². The van der Waals surface area contributed by atoms with Crippen LogP contribution >= 0.6 is 11.6 Å². The summed E-state index contributed by atoms with van der Waals surface area (Å²) >= 11 is 6.01. The highest BCUT2D eigenvalue weighted by Crippen LogP contribution is 2.29. The maximum atomic E-state index is 14.9. The second-order valence-corrected chi connectivity index (χ2v) is 8.55. The summed E-state index contributed by atoms with van der Waals surface area (Å²) < 4.78 is 20.8. The van der Waals surface area contributed by atoms with E-state index < -0.39 is 11.8 Å². The molecule has 0 atom stereocenters. The molecule has 0 unspecified atom stereocenters. The Balaban J connectivity index is 1.29. The van der Waals surface area contributed by atoms with E-state index in [4.69, 9.17) is 21.4 Å². The van der Waals surface area contributed by atoms with E-state index in [0.29, 0.717) is 64.7 Å². The van der Waals surface area contributed by atoms with Crippen LogP contribution < -0.4 is 4.74 Å². The van der Waals surface area contributed by atoms with E-state index >= 15 is 0 Å². The number of hydrogen-bond donors (Lipinski definition) is 2. The number of halogens is 2. The van der Waals surface area contributed by atoms with Crippen LogP contribution in [0.2, 0.25) is 5.02 Å². The quantitative estimate of drug-likeness (QED) is 0.402. The van der Waals surface area contributed by atoms with E-state index in [9.17, 15) is 9.18 Å². The largest absolute Gasteiger partial charge is 0.481 e. The Hall–Kier alpha value is -3.52. The summed E-state index contributed by atoms with van der Waals surface area (Å²) in [6.07, 6.45) is 5.49. The summed E-state index contributed by atoms with van der Waals surface area (Å²) in [5, 5.41) is 9.67. The zero-order valence-corrected chi connectivity index (χ0v) is 18.2. The van der Waals surface area contributed by atoms with Crippen molar-refractivity contribution in [3.8, 4) is 28.5 Å². The molecule has 1 aliphatic rings. The minimum absolute atomic E-state index is 0.0730. The first-order chi connectivity index (χ1) is 16.0. The molecular formula is C24H20ClFN4O3. The van der Waals surface area contributed by atoms with Crippen molar-refractivity contribution in [1.82, 2.24) is 19.9 Å². The Labute approximate surface area is 193 Å². The molecule has 0 saturated heterocycles. The zero-order chi connectivity index (χ0) is 22.9. The van der Waals surface area contributed by atoms with E-state index in [1.807, 2.05) is 0 Å². The summed E-state index contributed by atoms with van der Waals surface area (Å²) in [5.74, 6) is -0.691. The molecule has 168 valence electrons. The molecule has 33 heavy (non-hydrogen) atoms. The molecule has 2 heterocycles. The molecule has 1 aliphatic carbocycles. The lowest BCUT2D eigenvalue weighted by Crippen LogP contribution is -2.28. The van der Waals surface area contributed by atoms with Crippen LogP contribution in [0, 0.1) is 11.7 Å². The molecule has 0 bridgehead atoms. The van der Waals surface area contributed by atoms with Gasteiger partial charge in [-0.1, -0.05) is 17.7 Å². The van der Waals surface area contributed by atoms with Gasteiger partial charge in [0.1, 0.15) is 17.7 Å². The van der Waals surface area contributed by atoms with Crippen molar-refractivity contribution in [2.45, 2.75) is 31.8 Å². The fourth-order valence-corrected chi connectivity index (χ4v) is 4.27. The first kappa shape index (κ1) is 21.3. The van der Waals surface area contributed by atoms with Crippen LogP contribution in [0.3, 0.4) is 0 Å². The van der Waals surface area contributed by atoms with Crippen molar-refractivity contribution in [3.63, 3.8) is 0 Å². The first-order valence-electron chi connectivity index (χ1n) is 10.6. The lowest BCUT2D eigenvalue weighted by Gasteiger charge is -2.26. The number of benzene rings is 2. The molecule has 4 aromatic rings. The summed E-state index contributed by atoms with van der Waals surface area (Å²) in [7, 11) is 0. The average Bonchev–Trinajstić information content (AvgIpc) is 3.22. The second-order valence-electron chi connectivity index (χ2n) is 8.11. The highest BCUT2D eigenvalue weighted by atomic mass is 35.5. The summed E-state index contributed by atoms with van der Waals surface area (Å²) in [4.78, 5) is 27.3. The number of carboxylic acid groups (broad SMARTS) is 1. The van der Waals surface area contributed by atoms with Crippen molar-refractivity contribution in [3.05, 3.63) is 59.6 Å². The molecule has 0 amide bonds. The molecule has 1 saturated carbocycles. The van der Waals surface area contributed by atoms with Crippen molar-refractivity contribution in [2.75, 3.05) is 0 Å². The van der Waals surface area contributed by atoms with Crippen LogP contribution in [0.25, 0.3) is 33.7 Å². The zero-order valence-electron chi connectivity index (χ0n) is 17.5. The van der Waals surface area contributed by atoms with Crippen LogP contribution in [0.4, 0.5) is 4.39 Å². The Morgan fingerprint density at radius 3 is 2.61 bits per heavy atom. The third-order valence-corrected chi connectivity index (χ3v) is 6.14. The number of aromatic nitrogens is 4. The number of carboxylic acids is 1. The molecule has 9 heteroatoms. The minimum Gasteiger partial charge on any atom is -0.481 e. The number of nitrogens with one attached hydrogen (secondary N) is 1. The van der Waals surface area contributed by atoms with Crippen LogP contribution in [-0.4, -0.2) is 37.1 Å². The normalized spacial score (nSPS) is 18.4. The number of rotatable bonds is 5. The molecule has 2 aromatic heterocycles. The predicted molar refractivity (Wildman–Crippen MR) is 122 cm³/mol. The topological polar surface area (TPSA) is 101 Å². The summed E-state index contributed by atoms with van der Waals surface area (Å²) in [5.41, 5.74) is 2.88. The molecule has 7 nitrogen and oxygen atoms in total. The second kappa shape index (κ2) is 8.78. The van der Waals surface area contributed by atoms with Gasteiger partial charge >= 0.3 is 5.97 Å². The van der Waals surface area contributed by atoms with Gasteiger partial charge in [0.15, 0.2) is 0 Å². The van der Waals surface area contributed by atoms with E-state index in [1.54, 1.807) is 30.3 Å². The van der Waals surface area contributed by atoms with Crippen LogP contribution in [0.5, 0.6) is 5.88 Å². The third kappa shape index (κ3) is 4.52. The van der Waals surface area contributed by atoms with Gasteiger partial charge in [-0.3, -0.25) is 4.79 Å². The van der Waals surface area contributed by atoms with Crippen molar-refractivity contribution in [2.24, 2.45) is 5.92 Å². The van der Waals surface area contributed by atoms with Gasteiger partial charge in [-0.05, 0) is 56.0 Å². The molecule has 0 aliphatic heterocycles. The van der Waals surface area contributed by atoms with Gasteiger partial charge in [-0.15, -0.1) is 0 Å². The molecule has 2 aromatic carbocycles. The number of imidazole rings is 1. The number of fused-ring (bicyclic) bond motifs is 1. The molecule has 1 fully saturated rings. The van der Waals surface area contributed by atoms with Gasteiger partial charge in [-0.2, -0.15) is 0 Å². The molecule has 5 rings (SSSR count). The standard InChI is InChI=1S/C24H20ClFN4O3/c25-15-4-8-19-20(10-15)30-23(29-19)17-7-3-14(9-18(17)26)21-11-28-22(12-27-21)33-16-5-1-13(2-6-16)24(31)32/h3-4,7-13,16H,1-2,5-6H2,(H,29,30)(H,31,32)/t13-,16-. The summed E-state index contributed by atoms with van der Waals surface area (Å²) in [6.45, 7) is 0. The van der Waals surface area contributed by atoms with E-state index in [-0.39, 0.29) is 12.0 Å². The number of carbonyl (C=O) groups is 1. The maximum absolute atomic E-state index is 14.9. The fourth-order valence-electron chi connectivity index (χ4n) is 4.10. The van der Waals surface area contributed by atoms with Crippen LogP contribution in [0.1, 0.15) is 25.7 Å². The van der Waals surface area contributed by atoms with E-state index in [2.05, 4.69) is 19.9 Å². The Bertz CT molecular complexity index is 1320. The average molecular weight is 467 g/mol. The Morgan fingerprint density at radius 1 is 1.09 bits per heavy atom. The van der Waals surface area contributed by atoms with E-state index in [1.165, 1.54) is 18.5 Å². The molecule has 0 radical (unpaired) electrons. The molecule has 2 N–H and O–H groups in total. The number of H-pyrrole nitrogens is 1. The van der Waals surface area contributed by atoms with Gasteiger partial charge in [0, 0.05) is 10.6 Å². The summed E-state index contributed by atoms with van der Waals surface area (Å²) in [6, 6.07) is 10.1. The minimum atomic E-state index is -0.749.